The van der Waals surface area contributed by atoms with E-state index in [0.717, 1.165) is 31.4 Å². The highest BCUT2D eigenvalue weighted by Gasteiger charge is 2.38. The fraction of sp³-hybridized carbons (Fsp3) is 0.481. The Balaban J connectivity index is 0.000000267. The molecule has 1 aromatic rings. The van der Waals surface area contributed by atoms with Crippen molar-refractivity contribution in [3.63, 3.8) is 0 Å². The first-order valence-corrected chi connectivity index (χ1v) is 14.2. The average Bonchev–Trinajstić information content (AvgIpc) is 2.85. The molecule has 36 heavy (non-hydrogen) atoms. The number of nitrogens with zero attached hydrogens (tertiary/aromatic N) is 3. The van der Waals surface area contributed by atoms with Crippen molar-refractivity contribution in [1.82, 2.24) is 19.8 Å². The molecule has 0 bridgehead atoms. The second-order valence-electron chi connectivity index (χ2n) is 9.48. The van der Waals surface area contributed by atoms with Gasteiger partial charge in [0.25, 0.3) is 5.91 Å². The third-order valence-corrected chi connectivity index (χ3v) is 7.35. The molecule has 0 radical (unpaired) electrons. The van der Waals surface area contributed by atoms with Gasteiger partial charge in [-0.3, -0.25) is 9.79 Å². The molecule has 1 amide bonds. The van der Waals surface area contributed by atoms with Crippen LogP contribution in [0.2, 0.25) is 0 Å². The van der Waals surface area contributed by atoms with E-state index in [-0.39, 0.29) is 11.4 Å². The normalized spacial score (nSPS) is 21.0. The monoisotopic (exact) mass is 515 g/mol. The van der Waals surface area contributed by atoms with E-state index < -0.39 is 10.0 Å². The minimum Gasteiger partial charge on any atom is -0.382 e. The number of carbonyl (C=O) groups is 1. The number of carbonyl (C=O) groups excluding carboxylic acids is 1. The first-order valence-electron chi connectivity index (χ1n) is 12.4. The summed E-state index contributed by atoms with van der Waals surface area (Å²) in [5.41, 5.74) is 1.53. The first-order chi connectivity index (χ1) is 17.1. The fourth-order valence-electron chi connectivity index (χ4n) is 4.15. The van der Waals surface area contributed by atoms with E-state index in [2.05, 4.69) is 22.2 Å². The zero-order chi connectivity index (χ0) is 26.4. The average molecular weight is 516 g/mol. The number of piperidine rings is 2. The number of nitrogens with one attached hydrogen (secondary N) is 2. The zero-order valence-electron chi connectivity index (χ0n) is 21.8. The van der Waals surface area contributed by atoms with Crippen LogP contribution in [0.4, 0.5) is 0 Å². The quantitative estimate of drug-likeness (QED) is 0.315. The van der Waals surface area contributed by atoms with Gasteiger partial charge in [-0.25, -0.2) is 12.7 Å². The van der Waals surface area contributed by atoms with Crippen LogP contribution in [0.5, 0.6) is 0 Å². The van der Waals surface area contributed by atoms with Crippen LogP contribution in [0.15, 0.2) is 72.0 Å². The molecule has 0 aliphatic carbocycles. The predicted octanol–water partition coefficient (Wildman–Crippen LogP) is 3.07. The third-order valence-electron chi connectivity index (χ3n) is 6.10. The molecule has 2 saturated heterocycles. The lowest BCUT2D eigenvalue weighted by Gasteiger charge is -2.45. The fourth-order valence-corrected chi connectivity index (χ4v) is 5.09. The van der Waals surface area contributed by atoms with E-state index in [9.17, 15) is 13.2 Å². The summed E-state index contributed by atoms with van der Waals surface area (Å²) in [5, 5.41) is 6.34. The molecule has 2 heterocycles. The highest BCUT2D eigenvalue weighted by atomic mass is 32.2. The molecule has 0 aromatic heterocycles. The molecule has 198 valence electrons. The third kappa shape index (κ3) is 10.9. The number of hydrogen-bond donors (Lipinski definition) is 2. The summed E-state index contributed by atoms with van der Waals surface area (Å²) >= 11 is 0. The molecule has 9 heteroatoms. The lowest BCUT2D eigenvalue weighted by molar-refractivity contribution is -0.117. The molecule has 2 aliphatic heterocycles. The number of benzene rings is 1. The van der Waals surface area contributed by atoms with Crippen molar-refractivity contribution in [3.05, 3.63) is 72.6 Å². The largest absolute Gasteiger partial charge is 0.382 e. The SMILES string of the molecule is C=C(\C=C/C=N\C=C/N(C)C)C(=O)NCc1ccccc1.CS(=O)(=O)N1CCCC2(CCCCN2)C1. The van der Waals surface area contributed by atoms with E-state index in [0.29, 0.717) is 25.2 Å². The van der Waals surface area contributed by atoms with Crippen LogP contribution in [0.3, 0.4) is 0 Å². The summed E-state index contributed by atoms with van der Waals surface area (Å²) in [4.78, 5) is 17.7. The molecule has 2 N–H and O–H groups in total. The van der Waals surface area contributed by atoms with Gasteiger partial charge in [0.05, 0.1) is 6.26 Å². The van der Waals surface area contributed by atoms with Gasteiger partial charge in [-0.05, 0) is 49.9 Å². The van der Waals surface area contributed by atoms with E-state index in [1.165, 1.54) is 19.1 Å². The molecule has 3 rings (SSSR count). The van der Waals surface area contributed by atoms with E-state index in [4.69, 9.17) is 0 Å². The van der Waals surface area contributed by atoms with Crippen molar-refractivity contribution in [3.8, 4) is 0 Å². The van der Waals surface area contributed by atoms with E-state index >= 15 is 0 Å². The minimum absolute atomic E-state index is 0.0829. The number of allylic oxidation sites excluding steroid dienone is 1. The highest BCUT2D eigenvalue weighted by molar-refractivity contribution is 7.88. The van der Waals surface area contributed by atoms with Gasteiger partial charge in [0.2, 0.25) is 10.0 Å². The standard InChI is InChI=1S/C17H21N3O.C10H20N2O2S/c1-15(8-7-11-18-12-13-20(2)3)17(21)19-14-16-9-5-4-6-10-16;1-15(13,14)12-8-4-6-10(9-12)5-2-3-7-11-10/h4-13H,1,14H2,2-3H3,(H,19,21);11H,2-9H2,1H3/b8-7-,13-12-,18-11-;. The summed E-state index contributed by atoms with van der Waals surface area (Å²) < 4.78 is 24.7. The first kappa shape index (κ1) is 29.5. The minimum atomic E-state index is -3.01. The molecular formula is C27H41N5O3S. The van der Waals surface area contributed by atoms with Crippen molar-refractivity contribution in [2.24, 2.45) is 4.99 Å². The summed E-state index contributed by atoms with van der Waals surface area (Å²) in [5.74, 6) is -0.188. The highest BCUT2D eigenvalue weighted by Crippen LogP contribution is 2.30. The van der Waals surface area contributed by atoms with Gasteiger partial charge in [-0.2, -0.15) is 0 Å². The number of amides is 1. The molecule has 1 unspecified atom stereocenters. The van der Waals surface area contributed by atoms with Gasteiger partial charge in [-0.1, -0.05) is 43.3 Å². The smallest absolute Gasteiger partial charge is 0.250 e. The number of rotatable bonds is 8. The van der Waals surface area contributed by atoms with Crippen LogP contribution in [-0.4, -0.2) is 75.3 Å². The van der Waals surface area contributed by atoms with Crippen LogP contribution < -0.4 is 10.6 Å². The van der Waals surface area contributed by atoms with Gasteiger partial charge >= 0.3 is 0 Å². The maximum atomic E-state index is 11.8. The van der Waals surface area contributed by atoms with Crippen LogP contribution >= 0.6 is 0 Å². The maximum absolute atomic E-state index is 11.8. The molecule has 1 spiro atoms. The number of sulfonamides is 1. The zero-order valence-corrected chi connectivity index (χ0v) is 22.6. The Morgan fingerprint density at radius 3 is 2.58 bits per heavy atom. The number of aliphatic imine (C=N–C) groups is 1. The van der Waals surface area contributed by atoms with Crippen molar-refractivity contribution >= 4 is 22.1 Å². The van der Waals surface area contributed by atoms with Gasteiger partial charge in [-0.15, -0.1) is 0 Å². The van der Waals surface area contributed by atoms with Crippen molar-refractivity contribution < 1.29 is 13.2 Å². The maximum Gasteiger partial charge on any atom is 0.250 e. The Labute approximate surface area is 216 Å². The molecule has 2 fully saturated rings. The number of hydrogen-bond acceptors (Lipinski definition) is 6. The Bertz CT molecular complexity index is 1020. The summed E-state index contributed by atoms with van der Waals surface area (Å²) in [6.07, 6.45) is 15.4. The topological polar surface area (TPSA) is 94.1 Å². The summed E-state index contributed by atoms with van der Waals surface area (Å²) in [7, 11) is 0.827. The molecule has 2 aliphatic rings. The second kappa shape index (κ2) is 14.7. The Morgan fingerprint density at radius 1 is 1.22 bits per heavy atom. The van der Waals surface area contributed by atoms with Crippen LogP contribution in [0.1, 0.15) is 37.7 Å². The molecular weight excluding hydrogens is 474 g/mol. The van der Waals surface area contributed by atoms with Gasteiger partial charge in [0.15, 0.2) is 0 Å². The van der Waals surface area contributed by atoms with Gasteiger partial charge < -0.3 is 15.5 Å². The molecule has 1 atom stereocenters. The van der Waals surface area contributed by atoms with Crippen LogP contribution in [-0.2, 0) is 21.4 Å². The van der Waals surface area contributed by atoms with Crippen molar-refractivity contribution in [2.45, 2.75) is 44.2 Å². The van der Waals surface area contributed by atoms with Gasteiger partial charge in [0.1, 0.15) is 0 Å². The Kier molecular flexibility index (Phi) is 12.1. The molecule has 8 nitrogen and oxygen atoms in total. The second-order valence-corrected chi connectivity index (χ2v) is 11.5. The summed E-state index contributed by atoms with van der Waals surface area (Å²) in [6.45, 7) is 6.63. The Morgan fingerprint density at radius 2 is 1.94 bits per heavy atom. The predicted molar refractivity (Wildman–Crippen MR) is 148 cm³/mol. The molecule has 1 aromatic carbocycles. The van der Waals surface area contributed by atoms with Gasteiger partial charge in [0, 0.05) is 63.5 Å². The lowest BCUT2D eigenvalue weighted by atomic mass is 9.82. The van der Waals surface area contributed by atoms with Crippen LogP contribution in [0.25, 0.3) is 0 Å². The lowest BCUT2D eigenvalue weighted by Crippen LogP contribution is -2.59. The van der Waals surface area contributed by atoms with Crippen LogP contribution in [0, 0.1) is 0 Å². The van der Waals surface area contributed by atoms with E-state index in [1.54, 1.807) is 28.9 Å². The van der Waals surface area contributed by atoms with Crippen molar-refractivity contribution in [1.29, 1.82) is 0 Å². The summed E-state index contributed by atoms with van der Waals surface area (Å²) in [6, 6.07) is 9.74. The molecule has 0 saturated carbocycles. The van der Waals surface area contributed by atoms with Crippen molar-refractivity contribution in [2.75, 3.05) is 40.0 Å². The Hall–Kier alpha value is -2.75. The van der Waals surface area contributed by atoms with E-state index in [1.807, 2.05) is 55.5 Å².